The third-order valence-electron chi connectivity index (χ3n) is 3.76. The lowest BCUT2D eigenvalue weighted by Crippen LogP contribution is -2.44. The topological polar surface area (TPSA) is 64.0 Å². The summed E-state index contributed by atoms with van der Waals surface area (Å²) in [6, 6.07) is 3.24. The molecule has 5 heteroatoms. The van der Waals surface area contributed by atoms with Gasteiger partial charge in [0.15, 0.2) is 0 Å². The van der Waals surface area contributed by atoms with Gasteiger partial charge in [-0.2, -0.15) is 5.10 Å². The van der Waals surface area contributed by atoms with E-state index in [1.165, 1.54) is 4.68 Å². The summed E-state index contributed by atoms with van der Waals surface area (Å²) in [7, 11) is 0. The average molecular weight is 289 g/mol. The summed E-state index contributed by atoms with van der Waals surface area (Å²) in [5, 5.41) is 7.36. The second-order valence-corrected chi connectivity index (χ2v) is 6.16. The second kappa shape index (κ2) is 6.24. The second-order valence-electron chi connectivity index (χ2n) is 6.16. The van der Waals surface area contributed by atoms with Gasteiger partial charge in [0.2, 0.25) is 5.91 Å². The van der Waals surface area contributed by atoms with Gasteiger partial charge in [0.05, 0.1) is 18.3 Å². The monoisotopic (exact) mass is 289 g/mol. The van der Waals surface area contributed by atoms with E-state index in [1.807, 2.05) is 19.9 Å². The van der Waals surface area contributed by atoms with E-state index in [0.717, 1.165) is 18.5 Å². The van der Waals surface area contributed by atoms with Crippen molar-refractivity contribution in [3.63, 3.8) is 0 Å². The number of hydrogen-bond donors (Lipinski definition) is 1. The van der Waals surface area contributed by atoms with Crippen molar-refractivity contribution < 1.29 is 4.79 Å². The molecule has 1 atom stereocenters. The van der Waals surface area contributed by atoms with Crippen molar-refractivity contribution in [2.45, 2.75) is 52.1 Å². The molecule has 0 radical (unpaired) electrons. The van der Waals surface area contributed by atoms with Gasteiger partial charge in [-0.25, -0.2) is 4.68 Å². The highest BCUT2D eigenvalue weighted by Crippen LogP contribution is 2.38. The van der Waals surface area contributed by atoms with Crippen LogP contribution in [-0.2, 0) is 11.3 Å². The lowest BCUT2D eigenvalue weighted by atomic mass is 10.0. The molecule has 0 unspecified atom stereocenters. The summed E-state index contributed by atoms with van der Waals surface area (Å²) >= 11 is 0. The fraction of sp³-hybridized carbons (Fsp3) is 0.562. The molecule has 1 saturated carbocycles. The molecule has 1 N–H and O–H groups in total. The molecule has 0 saturated heterocycles. The van der Waals surface area contributed by atoms with Gasteiger partial charge >= 0.3 is 0 Å². The van der Waals surface area contributed by atoms with Gasteiger partial charge in [0.25, 0.3) is 5.56 Å². The van der Waals surface area contributed by atoms with Gasteiger partial charge in [-0.3, -0.25) is 9.59 Å². The summed E-state index contributed by atoms with van der Waals surface area (Å²) < 4.78 is 1.47. The van der Waals surface area contributed by atoms with Crippen molar-refractivity contribution >= 4 is 5.91 Å². The van der Waals surface area contributed by atoms with Crippen LogP contribution in [0.1, 0.15) is 45.2 Å². The Kier molecular flexibility index (Phi) is 4.60. The summed E-state index contributed by atoms with van der Waals surface area (Å²) in [6.07, 6.45) is 2.29. The molecule has 0 bridgehead atoms. The molecule has 1 aromatic heterocycles. The molecule has 1 aromatic rings. The standard InChI is InChI=1S/C16H23N3O2/c1-10(2)14(17-16(21)11(3)4)9-19-15(20)8-7-13(18-19)12-5-6-12/h7-8,10,12,14H,3,5-6,9H2,1-2,4H3,(H,17,21)/t14-/m0/s1. The third-order valence-corrected chi connectivity index (χ3v) is 3.76. The zero-order valence-electron chi connectivity index (χ0n) is 12.9. The zero-order valence-corrected chi connectivity index (χ0v) is 12.9. The van der Waals surface area contributed by atoms with Crippen molar-refractivity contribution in [3.8, 4) is 0 Å². The minimum absolute atomic E-state index is 0.130. The largest absolute Gasteiger partial charge is 0.347 e. The Bertz CT molecular complexity index is 600. The quantitative estimate of drug-likeness (QED) is 0.813. The highest BCUT2D eigenvalue weighted by Gasteiger charge is 2.26. The maximum absolute atomic E-state index is 12.0. The molecule has 1 amide bonds. The van der Waals surface area contributed by atoms with E-state index in [4.69, 9.17) is 0 Å². The third kappa shape index (κ3) is 4.03. The predicted octanol–water partition coefficient (Wildman–Crippen LogP) is 1.84. The first-order valence-corrected chi connectivity index (χ1v) is 7.43. The lowest BCUT2D eigenvalue weighted by Gasteiger charge is -2.23. The number of carbonyl (C=O) groups excluding carboxylic acids is 1. The van der Waals surface area contributed by atoms with Gasteiger partial charge in [-0.1, -0.05) is 20.4 Å². The zero-order chi connectivity index (χ0) is 15.6. The molecular formula is C16H23N3O2. The SMILES string of the molecule is C=C(C)C(=O)N[C@@H](Cn1nc(C2CC2)ccc1=O)C(C)C. The maximum Gasteiger partial charge on any atom is 0.266 e. The van der Waals surface area contributed by atoms with Crippen molar-refractivity contribution in [1.29, 1.82) is 0 Å². The van der Waals surface area contributed by atoms with E-state index in [2.05, 4.69) is 17.0 Å². The van der Waals surface area contributed by atoms with Crippen LogP contribution >= 0.6 is 0 Å². The number of carbonyl (C=O) groups is 1. The fourth-order valence-electron chi connectivity index (χ4n) is 2.09. The minimum Gasteiger partial charge on any atom is -0.347 e. The lowest BCUT2D eigenvalue weighted by molar-refractivity contribution is -0.118. The predicted molar refractivity (Wildman–Crippen MR) is 82.1 cm³/mol. The van der Waals surface area contributed by atoms with Gasteiger partial charge < -0.3 is 5.32 Å². The van der Waals surface area contributed by atoms with Crippen LogP contribution in [0.5, 0.6) is 0 Å². The van der Waals surface area contributed by atoms with Crippen LogP contribution in [0.2, 0.25) is 0 Å². The van der Waals surface area contributed by atoms with Crippen LogP contribution in [0.3, 0.4) is 0 Å². The Balaban J connectivity index is 2.16. The van der Waals surface area contributed by atoms with E-state index >= 15 is 0 Å². The number of nitrogens with one attached hydrogen (secondary N) is 1. The van der Waals surface area contributed by atoms with Gasteiger partial charge in [-0.15, -0.1) is 0 Å². The maximum atomic E-state index is 12.0. The van der Waals surface area contributed by atoms with E-state index in [9.17, 15) is 9.59 Å². The summed E-state index contributed by atoms with van der Waals surface area (Å²) in [5.41, 5.74) is 1.31. The van der Waals surface area contributed by atoms with Crippen LogP contribution in [0.15, 0.2) is 29.1 Å². The van der Waals surface area contributed by atoms with Crippen LogP contribution in [-0.4, -0.2) is 21.7 Å². The van der Waals surface area contributed by atoms with Crippen LogP contribution < -0.4 is 10.9 Å². The molecule has 114 valence electrons. The number of amides is 1. The van der Waals surface area contributed by atoms with Crippen LogP contribution in [0.25, 0.3) is 0 Å². The molecule has 0 spiro atoms. The van der Waals surface area contributed by atoms with E-state index in [0.29, 0.717) is 18.0 Å². The number of aromatic nitrogens is 2. The van der Waals surface area contributed by atoms with Crippen molar-refractivity contribution in [2.24, 2.45) is 5.92 Å². The van der Waals surface area contributed by atoms with Crippen molar-refractivity contribution in [2.75, 3.05) is 0 Å². The first-order valence-electron chi connectivity index (χ1n) is 7.43. The number of nitrogens with zero attached hydrogens (tertiary/aromatic N) is 2. The average Bonchev–Trinajstić information content (AvgIpc) is 3.24. The van der Waals surface area contributed by atoms with Crippen LogP contribution in [0, 0.1) is 5.92 Å². The molecule has 2 rings (SSSR count). The summed E-state index contributed by atoms with van der Waals surface area (Å²) in [4.78, 5) is 23.8. The summed E-state index contributed by atoms with van der Waals surface area (Å²) in [5.74, 6) is 0.519. The normalized spacial score (nSPS) is 15.8. The van der Waals surface area contributed by atoms with E-state index in [-0.39, 0.29) is 23.4 Å². The van der Waals surface area contributed by atoms with Gasteiger partial charge in [0, 0.05) is 17.6 Å². The molecule has 0 aromatic carbocycles. The summed E-state index contributed by atoms with van der Waals surface area (Å²) in [6.45, 7) is 9.72. The molecule has 1 aliphatic carbocycles. The Morgan fingerprint density at radius 2 is 2.14 bits per heavy atom. The highest BCUT2D eigenvalue weighted by molar-refractivity contribution is 5.92. The fourth-order valence-corrected chi connectivity index (χ4v) is 2.09. The Labute approximate surface area is 125 Å². The first kappa shape index (κ1) is 15.5. The molecule has 1 heterocycles. The van der Waals surface area contributed by atoms with E-state index in [1.54, 1.807) is 13.0 Å². The van der Waals surface area contributed by atoms with Crippen molar-refractivity contribution in [3.05, 3.63) is 40.3 Å². The number of hydrogen-bond acceptors (Lipinski definition) is 3. The Morgan fingerprint density at radius 1 is 1.48 bits per heavy atom. The first-order chi connectivity index (χ1) is 9.88. The minimum atomic E-state index is -0.180. The van der Waals surface area contributed by atoms with E-state index < -0.39 is 0 Å². The molecule has 1 aliphatic rings. The Hall–Kier alpha value is -1.91. The molecular weight excluding hydrogens is 266 g/mol. The molecule has 21 heavy (non-hydrogen) atoms. The van der Waals surface area contributed by atoms with Gasteiger partial charge in [0.1, 0.15) is 0 Å². The number of rotatable bonds is 6. The van der Waals surface area contributed by atoms with Crippen molar-refractivity contribution in [1.82, 2.24) is 15.1 Å². The van der Waals surface area contributed by atoms with Crippen LogP contribution in [0.4, 0.5) is 0 Å². The van der Waals surface area contributed by atoms with Gasteiger partial charge in [-0.05, 0) is 31.7 Å². The highest BCUT2D eigenvalue weighted by atomic mass is 16.2. The molecule has 0 aliphatic heterocycles. The molecule has 5 nitrogen and oxygen atoms in total. The Morgan fingerprint density at radius 3 is 2.67 bits per heavy atom. The smallest absolute Gasteiger partial charge is 0.266 e. The molecule has 1 fully saturated rings.